The van der Waals surface area contributed by atoms with Crippen molar-refractivity contribution in [3.63, 3.8) is 0 Å². The summed E-state index contributed by atoms with van der Waals surface area (Å²) in [5, 5.41) is 3.41. The zero-order valence-electron chi connectivity index (χ0n) is 18.6. The van der Waals surface area contributed by atoms with Crippen molar-refractivity contribution in [2.75, 3.05) is 12.1 Å². The third kappa shape index (κ3) is 4.13. The smallest absolute Gasteiger partial charge is 0.250 e. The van der Waals surface area contributed by atoms with Gasteiger partial charge in [0.05, 0.1) is 5.69 Å². The molecule has 1 amide bonds. The van der Waals surface area contributed by atoms with Crippen LogP contribution in [0.15, 0.2) is 79.0 Å². The number of amides is 1. The molecule has 2 heterocycles. The van der Waals surface area contributed by atoms with Crippen LogP contribution in [0.1, 0.15) is 34.8 Å². The van der Waals surface area contributed by atoms with Gasteiger partial charge in [0.15, 0.2) is 17.3 Å². The van der Waals surface area contributed by atoms with E-state index in [2.05, 4.69) is 5.32 Å². The van der Waals surface area contributed by atoms with Crippen LogP contribution in [0.5, 0.6) is 11.5 Å². The molecule has 0 saturated heterocycles. The van der Waals surface area contributed by atoms with Gasteiger partial charge in [0.1, 0.15) is 5.54 Å². The van der Waals surface area contributed by atoms with E-state index >= 15 is 0 Å². The minimum absolute atomic E-state index is 0.203. The van der Waals surface area contributed by atoms with E-state index in [0.717, 1.165) is 11.3 Å². The van der Waals surface area contributed by atoms with Crippen LogP contribution in [0.4, 0.5) is 5.69 Å². The first-order valence-electron chi connectivity index (χ1n) is 11.0. The number of rotatable bonds is 6. The van der Waals surface area contributed by atoms with E-state index in [1.165, 1.54) is 0 Å². The topological polar surface area (TPSA) is 67.9 Å². The highest BCUT2D eigenvalue weighted by Crippen LogP contribution is 2.35. The van der Waals surface area contributed by atoms with Crippen LogP contribution in [-0.4, -0.2) is 28.9 Å². The highest BCUT2D eigenvalue weighted by atomic mass is 35.5. The lowest BCUT2D eigenvalue weighted by Gasteiger charge is -2.35. The number of anilines is 1. The molecule has 1 atom stereocenters. The lowest BCUT2D eigenvalue weighted by atomic mass is 9.95. The van der Waals surface area contributed by atoms with Crippen LogP contribution in [0, 0.1) is 0 Å². The number of nitrogens with one attached hydrogen (secondary N) is 1. The normalized spacial score (nSPS) is 18.2. The van der Waals surface area contributed by atoms with Gasteiger partial charge < -0.3 is 19.7 Å². The summed E-state index contributed by atoms with van der Waals surface area (Å²) in [6.45, 7) is 2.63. The van der Waals surface area contributed by atoms with Gasteiger partial charge in [-0.25, -0.2) is 0 Å². The van der Waals surface area contributed by atoms with Crippen molar-refractivity contribution in [2.45, 2.75) is 25.4 Å². The number of hydrogen-bond donors (Lipinski definition) is 1. The van der Waals surface area contributed by atoms with Gasteiger partial charge in [-0.3, -0.25) is 9.59 Å². The molecule has 0 saturated carbocycles. The molecule has 0 bridgehead atoms. The van der Waals surface area contributed by atoms with E-state index in [0.29, 0.717) is 40.6 Å². The van der Waals surface area contributed by atoms with Gasteiger partial charge in [-0.1, -0.05) is 54.1 Å². The molecule has 0 unspecified atom stereocenters. The fourth-order valence-electron chi connectivity index (χ4n) is 4.19. The Morgan fingerprint density at radius 2 is 1.82 bits per heavy atom. The molecule has 2 aliphatic rings. The van der Waals surface area contributed by atoms with Crippen LogP contribution in [0.3, 0.4) is 0 Å². The van der Waals surface area contributed by atoms with Crippen molar-refractivity contribution in [1.29, 1.82) is 0 Å². The van der Waals surface area contributed by atoms with E-state index in [4.69, 9.17) is 21.1 Å². The molecule has 1 N–H and O–H groups in total. The summed E-state index contributed by atoms with van der Waals surface area (Å²) in [5.74, 6) is 1.02. The minimum Gasteiger partial charge on any atom is -0.454 e. The average molecular weight is 475 g/mol. The van der Waals surface area contributed by atoms with Crippen molar-refractivity contribution in [3.05, 3.63) is 101 Å². The number of fused-ring (bicyclic) bond motifs is 1. The third-order valence-corrected chi connectivity index (χ3v) is 6.46. The Morgan fingerprint density at radius 1 is 1.03 bits per heavy atom. The number of ether oxygens (including phenoxy) is 2. The van der Waals surface area contributed by atoms with Crippen LogP contribution in [-0.2, 0) is 11.3 Å². The molecule has 0 fully saturated rings. The van der Waals surface area contributed by atoms with Crippen molar-refractivity contribution in [2.24, 2.45) is 0 Å². The summed E-state index contributed by atoms with van der Waals surface area (Å²) in [4.78, 5) is 28.7. The second kappa shape index (κ2) is 8.88. The van der Waals surface area contributed by atoms with E-state index in [1.807, 2.05) is 48.4 Å². The second-order valence-corrected chi connectivity index (χ2v) is 8.95. The Kier molecular flexibility index (Phi) is 5.75. The Bertz CT molecular complexity index is 1290. The summed E-state index contributed by atoms with van der Waals surface area (Å²) < 4.78 is 10.9. The van der Waals surface area contributed by atoms with Crippen molar-refractivity contribution >= 4 is 29.0 Å². The quantitative estimate of drug-likeness (QED) is 0.483. The first-order valence-corrected chi connectivity index (χ1v) is 11.3. The predicted molar refractivity (Wildman–Crippen MR) is 130 cm³/mol. The maximum atomic E-state index is 13.5. The van der Waals surface area contributed by atoms with Gasteiger partial charge in [-0.2, -0.15) is 0 Å². The standard InChI is InChI=1S/C27H23ClN2O4/c1-27(12-5-13-30(27)16-18-8-11-23-24(14-18)34-17-33-23)26(32)29-22-10-9-20(28)15-21(22)25(31)19-6-3-2-4-7-19/h2-11,13-15H,12,16-17H2,1H3,(H,29,32)/t27-/m1/s1. The highest BCUT2D eigenvalue weighted by molar-refractivity contribution is 6.31. The van der Waals surface area contributed by atoms with Crippen LogP contribution >= 0.6 is 11.6 Å². The maximum absolute atomic E-state index is 13.5. The summed E-state index contributed by atoms with van der Waals surface area (Å²) in [6, 6.07) is 19.6. The second-order valence-electron chi connectivity index (χ2n) is 8.52. The molecule has 3 aromatic rings. The zero-order valence-corrected chi connectivity index (χ0v) is 19.3. The van der Waals surface area contributed by atoms with Crippen molar-refractivity contribution < 1.29 is 19.1 Å². The van der Waals surface area contributed by atoms with Crippen molar-refractivity contribution in [3.8, 4) is 11.5 Å². The number of hydrogen-bond acceptors (Lipinski definition) is 5. The van der Waals surface area contributed by atoms with E-state index < -0.39 is 5.54 Å². The lowest BCUT2D eigenvalue weighted by molar-refractivity contribution is -0.125. The number of carbonyl (C=O) groups is 2. The third-order valence-electron chi connectivity index (χ3n) is 6.22. The van der Waals surface area contributed by atoms with Gasteiger partial charge in [-0.15, -0.1) is 0 Å². The molecule has 172 valence electrons. The number of ketones is 1. The monoisotopic (exact) mass is 474 g/mol. The predicted octanol–water partition coefficient (Wildman–Crippen LogP) is 5.42. The molecule has 6 nitrogen and oxygen atoms in total. The minimum atomic E-state index is -0.830. The SMILES string of the molecule is C[C@]1(C(=O)Nc2ccc(Cl)cc2C(=O)c2ccccc2)CC=CN1Cc1ccc2c(c1)OCO2. The maximum Gasteiger partial charge on any atom is 0.250 e. The van der Waals surface area contributed by atoms with E-state index in [9.17, 15) is 9.59 Å². The van der Waals surface area contributed by atoms with E-state index in [-0.39, 0.29) is 18.5 Å². The molecule has 2 aliphatic heterocycles. The largest absolute Gasteiger partial charge is 0.454 e. The first-order chi connectivity index (χ1) is 16.4. The first kappa shape index (κ1) is 22.0. The Balaban J connectivity index is 1.38. The number of nitrogens with zero attached hydrogens (tertiary/aromatic N) is 1. The molecule has 34 heavy (non-hydrogen) atoms. The fraction of sp³-hybridized carbons (Fsp3) is 0.185. The lowest BCUT2D eigenvalue weighted by Crippen LogP contribution is -2.49. The Morgan fingerprint density at radius 3 is 2.65 bits per heavy atom. The van der Waals surface area contributed by atoms with Gasteiger partial charge in [0.25, 0.3) is 0 Å². The number of benzene rings is 3. The molecular formula is C27H23ClN2O4. The average Bonchev–Trinajstić information content (AvgIpc) is 3.47. The van der Waals surface area contributed by atoms with Crippen LogP contribution in [0.2, 0.25) is 5.02 Å². The summed E-state index contributed by atoms with van der Waals surface area (Å²) in [6.07, 6.45) is 4.45. The summed E-state index contributed by atoms with van der Waals surface area (Å²) in [5.41, 5.74) is 1.48. The fourth-order valence-corrected chi connectivity index (χ4v) is 4.36. The van der Waals surface area contributed by atoms with Gasteiger partial charge in [0.2, 0.25) is 12.7 Å². The molecule has 0 radical (unpaired) electrons. The molecule has 7 heteroatoms. The molecule has 0 spiro atoms. The van der Waals surface area contributed by atoms with Gasteiger partial charge in [0, 0.05) is 22.7 Å². The molecule has 0 aliphatic carbocycles. The van der Waals surface area contributed by atoms with Crippen LogP contribution in [0.25, 0.3) is 0 Å². The number of halogens is 1. The van der Waals surface area contributed by atoms with Gasteiger partial charge in [-0.05, 0) is 55.4 Å². The molecule has 0 aromatic heterocycles. The van der Waals surface area contributed by atoms with Gasteiger partial charge >= 0.3 is 0 Å². The summed E-state index contributed by atoms with van der Waals surface area (Å²) >= 11 is 6.19. The highest BCUT2D eigenvalue weighted by Gasteiger charge is 2.40. The summed E-state index contributed by atoms with van der Waals surface area (Å²) in [7, 11) is 0. The Labute approximate surface area is 202 Å². The molecular weight excluding hydrogens is 452 g/mol. The zero-order chi connectivity index (χ0) is 23.7. The number of carbonyl (C=O) groups excluding carboxylic acids is 2. The van der Waals surface area contributed by atoms with Crippen molar-refractivity contribution in [1.82, 2.24) is 4.90 Å². The molecule has 5 rings (SSSR count). The Hall–Kier alpha value is -3.77. The van der Waals surface area contributed by atoms with E-state index in [1.54, 1.807) is 42.5 Å². The molecule has 3 aromatic carbocycles. The van der Waals surface area contributed by atoms with Crippen LogP contribution < -0.4 is 14.8 Å².